The van der Waals surface area contributed by atoms with Crippen molar-refractivity contribution in [3.63, 3.8) is 0 Å². The molecule has 3 rings (SSSR count). The second kappa shape index (κ2) is 11.0. The van der Waals surface area contributed by atoms with Crippen molar-refractivity contribution in [3.05, 3.63) is 59.7 Å². The van der Waals surface area contributed by atoms with Crippen molar-refractivity contribution in [3.8, 4) is 11.5 Å². The van der Waals surface area contributed by atoms with E-state index in [4.69, 9.17) is 14.3 Å². The molecule has 0 spiro atoms. The smallest absolute Gasteiger partial charge is 0.151 e. The maximum Gasteiger partial charge on any atom is 0.151 e. The second-order valence-electron chi connectivity index (χ2n) is 6.55. The van der Waals surface area contributed by atoms with Gasteiger partial charge in [0.2, 0.25) is 0 Å². The Morgan fingerprint density at radius 2 is 1.75 bits per heavy atom. The van der Waals surface area contributed by atoms with Crippen LogP contribution in [-0.2, 0) is 11.3 Å². The van der Waals surface area contributed by atoms with Crippen LogP contribution in [0.3, 0.4) is 0 Å². The van der Waals surface area contributed by atoms with Gasteiger partial charge in [0.05, 0.1) is 12.3 Å². The number of benzene rings is 2. The molecular weight excluding hydrogens is 372 g/mol. The fourth-order valence-electron chi connectivity index (χ4n) is 2.92. The first-order valence-electron chi connectivity index (χ1n) is 9.68. The van der Waals surface area contributed by atoms with Crippen molar-refractivity contribution in [2.45, 2.75) is 25.5 Å². The molecule has 0 aromatic heterocycles. The average molecular weight is 401 g/mol. The van der Waals surface area contributed by atoms with Gasteiger partial charge in [-0.05, 0) is 67.8 Å². The van der Waals surface area contributed by atoms with Crippen LogP contribution in [0.15, 0.2) is 53.7 Å². The molecule has 2 aromatic carbocycles. The van der Waals surface area contributed by atoms with Crippen LogP contribution < -0.4 is 14.8 Å². The minimum Gasteiger partial charge on any atom is -0.494 e. The van der Waals surface area contributed by atoms with E-state index in [-0.39, 0.29) is 0 Å². The predicted octanol–water partition coefficient (Wildman–Crippen LogP) is 4.11. The summed E-state index contributed by atoms with van der Waals surface area (Å²) in [7, 11) is 0. The Morgan fingerprint density at radius 3 is 2.43 bits per heavy atom. The lowest BCUT2D eigenvalue weighted by Gasteiger charge is -2.09. The quantitative estimate of drug-likeness (QED) is 0.370. The highest BCUT2D eigenvalue weighted by Gasteiger charge is 2.15. The van der Waals surface area contributed by atoms with Gasteiger partial charge in [-0.3, -0.25) is 0 Å². The van der Waals surface area contributed by atoms with Gasteiger partial charge in [0, 0.05) is 17.7 Å². The molecule has 28 heavy (non-hydrogen) atoms. The van der Waals surface area contributed by atoms with Gasteiger partial charge in [0.1, 0.15) is 18.1 Å². The van der Waals surface area contributed by atoms with Crippen LogP contribution in [0.2, 0.25) is 0 Å². The zero-order chi connectivity index (χ0) is 19.6. The summed E-state index contributed by atoms with van der Waals surface area (Å²) < 4.78 is 11.2. The Bertz CT molecular complexity index is 741. The first-order valence-corrected chi connectivity index (χ1v) is 10.7. The summed E-state index contributed by atoms with van der Waals surface area (Å²) in [6.45, 7) is 6.51. The van der Waals surface area contributed by atoms with Crippen LogP contribution in [0.4, 0.5) is 0 Å². The zero-order valence-electron chi connectivity index (χ0n) is 16.5. The predicted molar refractivity (Wildman–Crippen MR) is 116 cm³/mol. The van der Waals surface area contributed by atoms with Crippen molar-refractivity contribution < 1.29 is 14.3 Å². The van der Waals surface area contributed by atoms with Crippen LogP contribution in [0.1, 0.15) is 25.0 Å². The summed E-state index contributed by atoms with van der Waals surface area (Å²) in [5.41, 5.74) is 3.18. The van der Waals surface area contributed by atoms with Crippen molar-refractivity contribution in [2.75, 3.05) is 32.2 Å². The van der Waals surface area contributed by atoms with Crippen LogP contribution in [0.5, 0.6) is 11.5 Å². The Morgan fingerprint density at radius 1 is 1.04 bits per heavy atom. The van der Waals surface area contributed by atoms with Crippen LogP contribution in [0.25, 0.3) is 0 Å². The van der Waals surface area contributed by atoms with E-state index in [2.05, 4.69) is 22.6 Å². The summed E-state index contributed by atoms with van der Waals surface area (Å²) >= 11 is 1.99. The Labute approximate surface area is 171 Å². The zero-order valence-corrected chi connectivity index (χ0v) is 17.3. The normalized spacial score (nSPS) is 16.8. The van der Waals surface area contributed by atoms with E-state index in [1.807, 2.05) is 62.0 Å². The Kier molecular flexibility index (Phi) is 8.06. The molecule has 1 heterocycles. The van der Waals surface area contributed by atoms with Crippen molar-refractivity contribution in [1.29, 1.82) is 0 Å². The number of ether oxygens (including phenoxy) is 2. The van der Waals surface area contributed by atoms with Crippen molar-refractivity contribution in [2.24, 2.45) is 5.16 Å². The van der Waals surface area contributed by atoms with E-state index in [0.717, 1.165) is 41.6 Å². The molecule has 1 atom stereocenters. The summed E-state index contributed by atoms with van der Waals surface area (Å²) in [5, 5.41) is 8.22. The van der Waals surface area contributed by atoms with E-state index in [1.54, 1.807) is 0 Å². The summed E-state index contributed by atoms with van der Waals surface area (Å²) in [4.78, 5) is 5.38. The number of nitrogens with one attached hydrogen (secondary N) is 1. The molecule has 1 saturated heterocycles. The lowest BCUT2D eigenvalue weighted by molar-refractivity contribution is 0.107. The number of hydrogen-bond acceptors (Lipinski definition) is 6. The third kappa shape index (κ3) is 6.46. The van der Waals surface area contributed by atoms with Gasteiger partial charge in [0.15, 0.2) is 6.61 Å². The maximum absolute atomic E-state index is 5.73. The minimum absolute atomic E-state index is 0.403. The SMILES string of the molecule is CCOc1ccc(C(C)=NOCCOc2ccc(CC3CNCS3)cc2)cc1. The third-order valence-corrected chi connectivity index (χ3v) is 5.58. The summed E-state index contributed by atoms with van der Waals surface area (Å²) in [5.74, 6) is 2.78. The van der Waals surface area contributed by atoms with Crippen molar-refractivity contribution in [1.82, 2.24) is 5.32 Å². The average Bonchev–Trinajstić information content (AvgIpc) is 3.23. The second-order valence-corrected chi connectivity index (χ2v) is 7.84. The number of thioether (sulfide) groups is 1. The molecule has 150 valence electrons. The lowest BCUT2D eigenvalue weighted by atomic mass is 10.1. The summed E-state index contributed by atoms with van der Waals surface area (Å²) in [6, 6.07) is 16.2. The van der Waals surface area contributed by atoms with Gasteiger partial charge in [-0.2, -0.15) is 0 Å². The standard InChI is InChI=1S/C22H28N2O3S/c1-3-25-20-10-6-19(7-11-20)17(2)24-27-13-12-26-21-8-4-18(5-9-21)14-22-15-23-16-28-22/h4-11,22-23H,3,12-16H2,1-2H3. The van der Waals surface area contributed by atoms with Crippen LogP contribution >= 0.6 is 11.8 Å². The van der Waals surface area contributed by atoms with E-state index >= 15 is 0 Å². The Balaban J connectivity index is 1.37. The fourth-order valence-corrected chi connectivity index (χ4v) is 3.94. The number of hydrogen-bond donors (Lipinski definition) is 1. The molecule has 6 heteroatoms. The molecule has 1 aliphatic rings. The van der Waals surface area contributed by atoms with Crippen LogP contribution in [-0.4, -0.2) is 43.2 Å². The molecule has 2 aromatic rings. The molecule has 0 bridgehead atoms. The molecule has 1 unspecified atom stereocenters. The molecule has 1 fully saturated rings. The monoisotopic (exact) mass is 400 g/mol. The molecule has 1 aliphatic heterocycles. The lowest BCUT2D eigenvalue weighted by Crippen LogP contribution is -2.14. The van der Waals surface area contributed by atoms with E-state index in [9.17, 15) is 0 Å². The fraction of sp³-hybridized carbons (Fsp3) is 0.409. The van der Waals surface area contributed by atoms with Gasteiger partial charge >= 0.3 is 0 Å². The molecule has 5 nitrogen and oxygen atoms in total. The largest absolute Gasteiger partial charge is 0.494 e. The van der Waals surface area contributed by atoms with Crippen LogP contribution in [0, 0.1) is 0 Å². The number of rotatable bonds is 10. The third-order valence-electron chi connectivity index (χ3n) is 4.41. The molecule has 1 N–H and O–H groups in total. The topological polar surface area (TPSA) is 52.1 Å². The molecule has 0 saturated carbocycles. The highest BCUT2D eigenvalue weighted by atomic mass is 32.2. The van der Waals surface area contributed by atoms with E-state index in [0.29, 0.717) is 25.1 Å². The molecule has 0 amide bonds. The van der Waals surface area contributed by atoms with Gasteiger partial charge in [-0.25, -0.2) is 0 Å². The first-order chi connectivity index (χ1) is 13.7. The van der Waals surface area contributed by atoms with E-state index < -0.39 is 0 Å². The molecular formula is C22H28N2O3S. The molecule has 0 radical (unpaired) electrons. The van der Waals surface area contributed by atoms with Gasteiger partial charge in [-0.1, -0.05) is 17.3 Å². The Hall–Kier alpha value is -2.18. The minimum atomic E-state index is 0.403. The van der Waals surface area contributed by atoms with Crippen molar-refractivity contribution >= 4 is 17.5 Å². The maximum atomic E-state index is 5.73. The van der Waals surface area contributed by atoms with Gasteiger partial charge in [-0.15, -0.1) is 11.8 Å². The molecule has 0 aliphatic carbocycles. The van der Waals surface area contributed by atoms with Gasteiger partial charge in [0.25, 0.3) is 0 Å². The highest BCUT2D eigenvalue weighted by molar-refractivity contribution is 8.00. The number of oxime groups is 1. The van der Waals surface area contributed by atoms with Gasteiger partial charge < -0.3 is 19.6 Å². The summed E-state index contributed by atoms with van der Waals surface area (Å²) in [6.07, 6.45) is 1.10. The first kappa shape index (κ1) is 20.6. The highest BCUT2D eigenvalue weighted by Crippen LogP contribution is 2.21. The van der Waals surface area contributed by atoms with E-state index in [1.165, 1.54) is 5.56 Å². The number of nitrogens with zero attached hydrogens (tertiary/aromatic N) is 1.